The Morgan fingerprint density at radius 2 is 0.789 bits per heavy atom. The Morgan fingerprint density at radius 1 is 0.526 bits per heavy atom. The van der Waals surface area contributed by atoms with Gasteiger partial charge in [-0.3, -0.25) is 0 Å². The van der Waals surface area contributed by atoms with Gasteiger partial charge < -0.3 is 24.7 Å². The molecule has 1 rings (SSSR count). The van der Waals surface area contributed by atoms with Crippen LogP contribution in [-0.2, 0) is 24.7 Å². The first-order chi connectivity index (χ1) is 8.68. The van der Waals surface area contributed by atoms with E-state index in [1.807, 2.05) is 32.7 Å². The molecule has 19 heavy (non-hydrogen) atoms. The molecule has 6 nitrogen and oxygen atoms in total. The van der Waals surface area contributed by atoms with Crippen molar-refractivity contribution in [2.75, 3.05) is 0 Å². The fraction of sp³-hybridized carbons (Fsp3) is 1.00. The van der Waals surface area contributed by atoms with Crippen molar-refractivity contribution in [2.24, 2.45) is 0 Å². The van der Waals surface area contributed by atoms with Crippen LogP contribution in [0, 0.1) is 0 Å². The van der Waals surface area contributed by atoms with Crippen molar-refractivity contribution >= 4 is 55.0 Å². The van der Waals surface area contributed by atoms with Gasteiger partial charge in [0.25, 0.3) is 46.4 Å². The second-order valence-corrected chi connectivity index (χ2v) is 19.7. The molecule has 1 saturated heterocycles. The van der Waals surface area contributed by atoms with E-state index in [0.29, 0.717) is 0 Å². The molecule has 114 valence electrons. The first kappa shape index (κ1) is 18.1. The van der Waals surface area contributed by atoms with Crippen LogP contribution in [0.1, 0.15) is 0 Å². The Bertz CT molecular complexity index is 259. The van der Waals surface area contributed by atoms with E-state index >= 15 is 0 Å². The molecular formula is C7H26O6Si6. The molecule has 0 aromatic heterocycles. The first-order valence-corrected chi connectivity index (χ1v) is 20.0. The molecule has 0 aliphatic carbocycles. The lowest BCUT2D eigenvalue weighted by atomic mass is 11.9. The van der Waals surface area contributed by atoms with Crippen molar-refractivity contribution < 1.29 is 24.7 Å². The van der Waals surface area contributed by atoms with Crippen LogP contribution in [-0.4, -0.2) is 55.0 Å². The van der Waals surface area contributed by atoms with Gasteiger partial charge in [0.1, 0.15) is 0 Å². The summed E-state index contributed by atoms with van der Waals surface area (Å²) >= 11 is 0. The van der Waals surface area contributed by atoms with Crippen molar-refractivity contribution in [1.82, 2.24) is 0 Å². The summed E-state index contributed by atoms with van der Waals surface area (Å²) in [4.78, 5) is 0. The highest BCUT2D eigenvalue weighted by Crippen LogP contribution is 2.14. The SMILES string of the molecule is C[SiH]1O[SiH](C)O[SiH](C)O[Si](C)(C)O[SiH](C)O[SiH](C)O1. The van der Waals surface area contributed by atoms with Gasteiger partial charge in [0.2, 0.25) is 0 Å². The second kappa shape index (κ2) is 7.90. The van der Waals surface area contributed by atoms with E-state index in [1.165, 1.54) is 0 Å². The van der Waals surface area contributed by atoms with Gasteiger partial charge in [0.15, 0.2) is 0 Å². The maximum atomic E-state index is 6.05. The van der Waals surface area contributed by atoms with Crippen LogP contribution in [0.15, 0.2) is 0 Å². The lowest BCUT2D eigenvalue weighted by molar-refractivity contribution is 0.285. The Morgan fingerprint density at radius 3 is 1.11 bits per heavy atom. The summed E-state index contributed by atoms with van der Waals surface area (Å²) in [7, 11) is -10.5. The van der Waals surface area contributed by atoms with Crippen LogP contribution >= 0.6 is 0 Å². The smallest absolute Gasteiger partial charge is 0.313 e. The minimum absolute atomic E-state index is 1.64. The predicted octanol–water partition coefficient (Wildman–Crippen LogP) is 0.0529. The second-order valence-electron chi connectivity index (χ2n) is 5.02. The summed E-state index contributed by atoms with van der Waals surface area (Å²) < 4.78 is 35.8. The quantitative estimate of drug-likeness (QED) is 0.559. The van der Waals surface area contributed by atoms with Crippen LogP contribution in [0.25, 0.3) is 0 Å². The van der Waals surface area contributed by atoms with Crippen molar-refractivity contribution in [1.29, 1.82) is 0 Å². The summed E-state index contributed by atoms with van der Waals surface area (Å²) in [6.45, 7) is 14.3. The maximum Gasteiger partial charge on any atom is 0.313 e. The van der Waals surface area contributed by atoms with E-state index in [0.717, 1.165) is 0 Å². The third kappa shape index (κ3) is 7.58. The van der Waals surface area contributed by atoms with Crippen LogP contribution in [0.5, 0.6) is 0 Å². The van der Waals surface area contributed by atoms with E-state index in [-0.39, 0.29) is 0 Å². The molecular weight excluding hydrogens is 349 g/mol. The summed E-state index contributed by atoms with van der Waals surface area (Å²) in [6.07, 6.45) is 0. The minimum Gasteiger partial charge on any atom is -0.420 e. The summed E-state index contributed by atoms with van der Waals surface area (Å²) in [5, 5.41) is 0. The Hall–Kier alpha value is 1.06. The van der Waals surface area contributed by atoms with E-state index in [9.17, 15) is 0 Å². The average Bonchev–Trinajstić information content (AvgIpc) is 2.10. The summed E-state index contributed by atoms with van der Waals surface area (Å²) in [5.74, 6) is 0. The molecule has 0 spiro atoms. The molecule has 1 aliphatic heterocycles. The van der Waals surface area contributed by atoms with Gasteiger partial charge in [-0.2, -0.15) is 0 Å². The molecule has 1 aliphatic rings. The van der Waals surface area contributed by atoms with Crippen molar-refractivity contribution in [3.8, 4) is 0 Å². The topological polar surface area (TPSA) is 55.4 Å². The zero-order valence-corrected chi connectivity index (χ0v) is 19.6. The van der Waals surface area contributed by atoms with Gasteiger partial charge in [-0.25, -0.2) is 0 Å². The average molecular weight is 375 g/mol. The number of rotatable bonds is 0. The molecule has 4 atom stereocenters. The molecule has 0 amide bonds. The van der Waals surface area contributed by atoms with Gasteiger partial charge in [-0.15, -0.1) is 0 Å². The standard InChI is InChI=1S/C7H26O6Si6/c1-14-8-15(2)10-17(4)12-19(6,7)13-18(5)11-16(3)9-14/h14-18H,1-7H3. The normalized spacial score (nSPS) is 42.2. The zero-order chi connectivity index (χ0) is 14.6. The van der Waals surface area contributed by atoms with Crippen molar-refractivity contribution in [3.63, 3.8) is 0 Å². The first-order valence-electron chi connectivity index (χ1n) is 6.65. The van der Waals surface area contributed by atoms with Crippen LogP contribution in [0.2, 0.25) is 45.8 Å². The molecule has 1 fully saturated rings. The molecule has 12 heteroatoms. The van der Waals surface area contributed by atoms with Gasteiger partial charge in [0.05, 0.1) is 0 Å². The molecule has 0 radical (unpaired) electrons. The van der Waals surface area contributed by atoms with Crippen molar-refractivity contribution in [2.45, 2.75) is 45.8 Å². The largest absolute Gasteiger partial charge is 0.420 e. The highest BCUT2D eigenvalue weighted by molar-refractivity contribution is 6.79. The van der Waals surface area contributed by atoms with Gasteiger partial charge in [0, 0.05) is 0 Å². The monoisotopic (exact) mass is 374 g/mol. The molecule has 0 aromatic rings. The third-order valence-electron chi connectivity index (χ3n) is 2.43. The highest BCUT2D eigenvalue weighted by Gasteiger charge is 2.33. The summed E-state index contributed by atoms with van der Waals surface area (Å²) in [5.41, 5.74) is 0. The highest BCUT2D eigenvalue weighted by atomic mass is 28.5. The molecule has 0 bridgehead atoms. The molecule has 4 unspecified atom stereocenters. The predicted molar refractivity (Wildman–Crippen MR) is 89.1 cm³/mol. The molecule has 0 aromatic carbocycles. The zero-order valence-electron chi connectivity index (χ0n) is 12.8. The molecule has 0 saturated carbocycles. The Labute approximate surface area is 125 Å². The van der Waals surface area contributed by atoms with Crippen LogP contribution in [0.3, 0.4) is 0 Å². The molecule has 1 heterocycles. The van der Waals surface area contributed by atoms with E-state index in [4.69, 9.17) is 24.7 Å². The van der Waals surface area contributed by atoms with E-state index < -0.39 is 55.0 Å². The van der Waals surface area contributed by atoms with Crippen molar-refractivity contribution in [3.05, 3.63) is 0 Å². The van der Waals surface area contributed by atoms with E-state index in [1.54, 1.807) is 0 Å². The lowest BCUT2D eigenvalue weighted by Gasteiger charge is -2.33. The van der Waals surface area contributed by atoms with Crippen LogP contribution in [0.4, 0.5) is 0 Å². The van der Waals surface area contributed by atoms with Crippen LogP contribution < -0.4 is 0 Å². The lowest BCUT2D eigenvalue weighted by Crippen LogP contribution is -2.49. The number of hydrogen-bond acceptors (Lipinski definition) is 6. The van der Waals surface area contributed by atoms with E-state index in [2.05, 4.69) is 13.1 Å². The fourth-order valence-corrected chi connectivity index (χ4v) is 21.8. The Kier molecular flexibility index (Phi) is 7.53. The fourth-order valence-electron chi connectivity index (χ4n) is 2.06. The van der Waals surface area contributed by atoms with Gasteiger partial charge in [-0.05, 0) is 45.8 Å². The third-order valence-corrected chi connectivity index (χ3v) is 21.9. The van der Waals surface area contributed by atoms with Gasteiger partial charge in [-0.1, -0.05) is 0 Å². The minimum atomic E-state index is -2.15. The molecule has 0 N–H and O–H groups in total. The number of hydrogen-bond donors (Lipinski definition) is 0. The Balaban J connectivity index is 2.71. The maximum absolute atomic E-state index is 6.05. The summed E-state index contributed by atoms with van der Waals surface area (Å²) in [6, 6.07) is 0. The van der Waals surface area contributed by atoms with Gasteiger partial charge >= 0.3 is 8.56 Å².